The maximum Gasteiger partial charge on any atom is 0.309 e. The molecule has 88 valence electrons. The number of hydrogen-bond acceptors (Lipinski definition) is 4. The van der Waals surface area contributed by atoms with Crippen LogP contribution >= 0.6 is 11.3 Å². The summed E-state index contributed by atoms with van der Waals surface area (Å²) in [5.74, 6) is -0.0449. The number of anilines is 1. The van der Waals surface area contributed by atoms with Gasteiger partial charge in [-0.3, -0.25) is 4.79 Å². The maximum absolute atomic E-state index is 10.5. The summed E-state index contributed by atoms with van der Waals surface area (Å²) in [4.78, 5) is 17.2. The van der Waals surface area contributed by atoms with Gasteiger partial charge in [0.1, 0.15) is 0 Å². The molecule has 1 saturated heterocycles. The van der Waals surface area contributed by atoms with Crippen LogP contribution in [0, 0.1) is 5.92 Å². The molecular weight excluding hydrogens is 224 g/mol. The van der Waals surface area contributed by atoms with Gasteiger partial charge in [0.15, 0.2) is 5.13 Å². The van der Waals surface area contributed by atoms with Crippen molar-refractivity contribution in [2.75, 3.05) is 18.0 Å². The lowest BCUT2D eigenvalue weighted by molar-refractivity contribution is -0.136. The molecule has 4 nitrogen and oxygen atoms in total. The summed E-state index contributed by atoms with van der Waals surface area (Å²) < 4.78 is 0. The van der Waals surface area contributed by atoms with Gasteiger partial charge in [-0.15, -0.1) is 11.3 Å². The zero-order chi connectivity index (χ0) is 11.5. The molecule has 0 saturated carbocycles. The highest BCUT2D eigenvalue weighted by Gasteiger charge is 2.23. The number of carbonyl (C=O) groups is 1. The summed E-state index contributed by atoms with van der Waals surface area (Å²) >= 11 is 1.55. The summed E-state index contributed by atoms with van der Waals surface area (Å²) in [5.41, 5.74) is 0.674. The monoisotopic (exact) mass is 240 g/mol. The SMILES string of the molecule is CC[C@H]1CCN(c2nc(CC(=O)O)cs2)C1. The molecule has 1 aliphatic heterocycles. The van der Waals surface area contributed by atoms with E-state index in [-0.39, 0.29) is 6.42 Å². The zero-order valence-corrected chi connectivity index (χ0v) is 10.2. The summed E-state index contributed by atoms with van der Waals surface area (Å²) in [5, 5.41) is 11.5. The van der Waals surface area contributed by atoms with E-state index >= 15 is 0 Å². The Kier molecular flexibility index (Phi) is 3.43. The Balaban J connectivity index is 1.99. The molecule has 0 unspecified atom stereocenters. The van der Waals surface area contributed by atoms with E-state index in [1.54, 1.807) is 11.3 Å². The average Bonchev–Trinajstić information content (AvgIpc) is 2.83. The molecule has 1 aliphatic rings. The molecule has 0 aliphatic carbocycles. The number of hydrogen-bond donors (Lipinski definition) is 1. The standard InChI is InChI=1S/C11H16N2O2S/c1-2-8-3-4-13(6-8)11-12-9(7-16-11)5-10(14)15/h7-8H,2-6H2,1H3,(H,14,15)/t8-/m0/s1. The zero-order valence-electron chi connectivity index (χ0n) is 9.35. The van der Waals surface area contributed by atoms with E-state index in [0.29, 0.717) is 5.69 Å². The van der Waals surface area contributed by atoms with Crippen LogP contribution < -0.4 is 4.90 Å². The fourth-order valence-electron chi connectivity index (χ4n) is 2.02. The molecule has 16 heavy (non-hydrogen) atoms. The van der Waals surface area contributed by atoms with Crippen molar-refractivity contribution < 1.29 is 9.90 Å². The molecule has 5 heteroatoms. The quantitative estimate of drug-likeness (QED) is 0.874. The van der Waals surface area contributed by atoms with Gasteiger partial charge in [0.05, 0.1) is 12.1 Å². The number of carboxylic acids is 1. The predicted octanol–water partition coefficient (Wildman–Crippen LogP) is 2.01. The average molecular weight is 240 g/mol. The molecule has 1 fully saturated rings. The van der Waals surface area contributed by atoms with Crippen molar-refractivity contribution >= 4 is 22.4 Å². The third kappa shape index (κ3) is 2.52. The van der Waals surface area contributed by atoms with Crippen molar-refractivity contribution in [1.82, 2.24) is 4.98 Å². The van der Waals surface area contributed by atoms with Crippen LogP contribution in [0.15, 0.2) is 5.38 Å². The van der Waals surface area contributed by atoms with Gasteiger partial charge in [-0.2, -0.15) is 0 Å². The van der Waals surface area contributed by atoms with E-state index in [1.807, 2.05) is 5.38 Å². The van der Waals surface area contributed by atoms with Crippen LogP contribution in [0.2, 0.25) is 0 Å². The second-order valence-electron chi connectivity index (χ2n) is 4.20. The lowest BCUT2D eigenvalue weighted by Gasteiger charge is -2.13. The van der Waals surface area contributed by atoms with Crippen LogP contribution in [0.3, 0.4) is 0 Å². The molecule has 2 rings (SSSR count). The maximum atomic E-state index is 10.5. The first-order chi connectivity index (χ1) is 7.69. The number of thiazole rings is 1. The minimum atomic E-state index is -0.815. The summed E-state index contributed by atoms with van der Waals surface area (Å²) in [6.45, 7) is 4.33. The summed E-state index contributed by atoms with van der Waals surface area (Å²) in [6, 6.07) is 0. The van der Waals surface area contributed by atoms with E-state index in [9.17, 15) is 4.79 Å². The van der Waals surface area contributed by atoms with Crippen molar-refractivity contribution in [1.29, 1.82) is 0 Å². The molecule has 0 amide bonds. The molecule has 1 N–H and O–H groups in total. The first-order valence-corrected chi connectivity index (χ1v) is 6.48. The summed E-state index contributed by atoms with van der Waals surface area (Å²) in [7, 11) is 0. The topological polar surface area (TPSA) is 53.4 Å². The van der Waals surface area contributed by atoms with Gasteiger partial charge in [0.2, 0.25) is 0 Å². The Labute approximate surface area is 98.9 Å². The first kappa shape index (κ1) is 11.4. The lowest BCUT2D eigenvalue weighted by atomic mass is 10.1. The third-order valence-corrected chi connectivity index (χ3v) is 3.96. The molecule has 0 radical (unpaired) electrons. The fraction of sp³-hybridized carbons (Fsp3) is 0.636. The minimum Gasteiger partial charge on any atom is -0.481 e. The van der Waals surface area contributed by atoms with Crippen molar-refractivity contribution in [3.8, 4) is 0 Å². The number of aromatic nitrogens is 1. The van der Waals surface area contributed by atoms with E-state index in [2.05, 4.69) is 16.8 Å². The molecule has 1 aromatic rings. The van der Waals surface area contributed by atoms with E-state index in [4.69, 9.17) is 5.11 Å². The lowest BCUT2D eigenvalue weighted by Crippen LogP contribution is -2.19. The van der Waals surface area contributed by atoms with Crippen molar-refractivity contribution in [2.45, 2.75) is 26.2 Å². The first-order valence-electron chi connectivity index (χ1n) is 5.60. The second kappa shape index (κ2) is 4.82. The highest BCUT2D eigenvalue weighted by atomic mass is 32.1. The molecule has 0 aromatic carbocycles. The van der Waals surface area contributed by atoms with Crippen LogP contribution in [0.25, 0.3) is 0 Å². The Morgan fingerprint density at radius 3 is 3.19 bits per heavy atom. The molecule has 0 spiro atoms. The highest BCUT2D eigenvalue weighted by Crippen LogP contribution is 2.28. The number of rotatable bonds is 4. The van der Waals surface area contributed by atoms with Gasteiger partial charge in [-0.25, -0.2) is 4.98 Å². The van der Waals surface area contributed by atoms with E-state index in [0.717, 1.165) is 24.1 Å². The van der Waals surface area contributed by atoms with Gasteiger partial charge < -0.3 is 10.0 Å². The number of nitrogens with zero attached hydrogens (tertiary/aromatic N) is 2. The third-order valence-electron chi connectivity index (χ3n) is 3.01. The molecule has 1 atom stereocenters. The molecule has 0 bridgehead atoms. The molecule has 1 aromatic heterocycles. The van der Waals surface area contributed by atoms with Crippen molar-refractivity contribution in [3.63, 3.8) is 0 Å². The molecular formula is C11H16N2O2S. The Morgan fingerprint density at radius 2 is 2.56 bits per heavy atom. The van der Waals surface area contributed by atoms with Crippen LogP contribution in [0.1, 0.15) is 25.5 Å². The number of aliphatic carboxylic acids is 1. The second-order valence-corrected chi connectivity index (χ2v) is 5.04. The largest absolute Gasteiger partial charge is 0.481 e. The van der Waals surface area contributed by atoms with Crippen LogP contribution in [-0.2, 0) is 11.2 Å². The van der Waals surface area contributed by atoms with Crippen LogP contribution in [0.5, 0.6) is 0 Å². The normalized spacial score (nSPS) is 20.3. The van der Waals surface area contributed by atoms with Gasteiger partial charge in [0.25, 0.3) is 0 Å². The Bertz CT molecular complexity index is 378. The van der Waals surface area contributed by atoms with Gasteiger partial charge in [-0.1, -0.05) is 13.3 Å². The van der Waals surface area contributed by atoms with Crippen molar-refractivity contribution in [3.05, 3.63) is 11.1 Å². The van der Waals surface area contributed by atoms with E-state index < -0.39 is 5.97 Å². The van der Waals surface area contributed by atoms with Gasteiger partial charge in [-0.05, 0) is 12.3 Å². The smallest absolute Gasteiger partial charge is 0.309 e. The van der Waals surface area contributed by atoms with Crippen molar-refractivity contribution in [2.24, 2.45) is 5.92 Å². The minimum absolute atomic E-state index is 0.0293. The number of carboxylic acid groups (broad SMARTS) is 1. The Hall–Kier alpha value is -1.10. The van der Waals surface area contributed by atoms with Crippen LogP contribution in [0.4, 0.5) is 5.13 Å². The molecule has 2 heterocycles. The van der Waals surface area contributed by atoms with Gasteiger partial charge >= 0.3 is 5.97 Å². The fourth-order valence-corrected chi connectivity index (χ4v) is 2.88. The highest BCUT2D eigenvalue weighted by molar-refractivity contribution is 7.13. The van der Waals surface area contributed by atoms with E-state index in [1.165, 1.54) is 12.8 Å². The summed E-state index contributed by atoms with van der Waals surface area (Å²) in [6.07, 6.45) is 2.47. The van der Waals surface area contributed by atoms with Gasteiger partial charge in [0, 0.05) is 18.5 Å². The Morgan fingerprint density at radius 1 is 1.75 bits per heavy atom. The van der Waals surface area contributed by atoms with Crippen LogP contribution in [-0.4, -0.2) is 29.1 Å². The predicted molar refractivity (Wildman–Crippen MR) is 64.1 cm³/mol.